The number of carbonyl (C=O) groups is 3. The van der Waals surface area contributed by atoms with Gasteiger partial charge in [-0.3, -0.25) is 4.79 Å². The Morgan fingerprint density at radius 2 is 1.91 bits per heavy atom. The third kappa shape index (κ3) is 4.93. The van der Waals surface area contributed by atoms with Crippen LogP contribution >= 0.6 is 0 Å². The highest BCUT2D eigenvalue weighted by atomic mass is 16.6. The maximum atomic E-state index is 13.0. The first-order chi connectivity index (χ1) is 16.6. The Bertz CT molecular complexity index is 1050. The van der Waals surface area contributed by atoms with Crippen molar-refractivity contribution in [3.8, 4) is 0 Å². The van der Waals surface area contributed by atoms with Crippen LogP contribution in [0.2, 0.25) is 0 Å². The number of hydrogen-bond donors (Lipinski definition) is 0. The number of fused-ring (bicyclic) bond motifs is 3. The van der Waals surface area contributed by atoms with Gasteiger partial charge in [0.15, 0.2) is 0 Å². The summed E-state index contributed by atoms with van der Waals surface area (Å²) in [6.07, 6.45) is 5.27. The molecule has 1 saturated carbocycles. The molecular formula is C29H36O6. The average molecular weight is 481 g/mol. The second kappa shape index (κ2) is 10.00. The van der Waals surface area contributed by atoms with Crippen LogP contribution in [0.15, 0.2) is 47.6 Å². The van der Waals surface area contributed by atoms with E-state index in [9.17, 15) is 14.4 Å². The second-order valence-electron chi connectivity index (χ2n) is 10.4. The molecule has 1 aliphatic heterocycles. The number of unbranched alkanes of at least 4 members (excludes halogenated alkanes) is 2. The molecule has 35 heavy (non-hydrogen) atoms. The Labute approximate surface area is 207 Å². The van der Waals surface area contributed by atoms with Gasteiger partial charge >= 0.3 is 17.9 Å². The Balaban J connectivity index is 1.57. The minimum atomic E-state index is -0.777. The largest absolute Gasteiger partial charge is 0.459 e. The van der Waals surface area contributed by atoms with Gasteiger partial charge in [-0.2, -0.15) is 0 Å². The molecule has 0 spiro atoms. The summed E-state index contributed by atoms with van der Waals surface area (Å²) < 4.78 is 17.6. The third-order valence-electron chi connectivity index (χ3n) is 7.95. The highest BCUT2D eigenvalue weighted by Gasteiger charge is 2.56. The molecule has 1 aromatic carbocycles. The predicted octanol–water partition coefficient (Wildman–Crippen LogP) is 5.49. The van der Waals surface area contributed by atoms with Gasteiger partial charge in [0.05, 0.1) is 5.56 Å². The molecule has 1 aromatic rings. The number of ether oxygens (including phenoxy) is 3. The van der Waals surface area contributed by atoms with Crippen LogP contribution in [0.5, 0.6) is 0 Å². The molecule has 0 amide bonds. The van der Waals surface area contributed by atoms with Crippen LogP contribution in [-0.4, -0.2) is 35.7 Å². The van der Waals surface area contributed by atoms with Crippen molar-refractivity contribution in [1.82, 2.24) is 0 Å². The topological polar surface area (TPSA) is 78.9 Å². The van der Waals surface area contributed by atoms with E-state index in [4.69, 9.17) is 14.2 Å². The van der Waals surface area contributed by atoms with Gasteiger partial charge in [0, 0.05) is 24.3 Å². The zero-order valence-electron chi connectivity index (χ0n) is 21.2. The smallest absolute Gasteiger partial charge is 0.338 e. The molecule has 5 atom stereocenters. The van der Waals surface area contributed by atoms with Gasteiger partial charge in [0.2, 0.25) is 0 Å². The van der Waals surface area contributed by atoms with Crippen LogP contribution in [0.3, 0.4) is 0 Å². The van der Waals surface area contributed by atoms with Gasteiger partial charge in [0.25, 0.3) is 0 Å². The molecule has 4 rings (SSSR count). The molecule has 0 bridgehead atoms. The molecule has 1 heterocycles. The van der Waals surface area contributed by atoms with Crippen molar-refractivity contribution < 1.29 is 28.6 Å². The van der Waals surface area contributed by atoms with Crippen molar-refractivity contribution in [2.45, 2.75) is 90.4 Å². The molecule has 6 nitrogen and oxygen atoms in total. The molecule has 188 valence electrons. The van der Waals surface area contributed by atoms with Gasteiger partial charge in [0.1, 0.15) is 17.8 Å². The monoisotopic (exact) mass is 480 g/mol. The van der Waals surface area contributed by atoms with E-state index in [1.54, 1.807) is 0 Å². The van der Waals surface area contributed by atoms with Crippen molar-refractivity contribution in [2.24, 2.45) is 11.8 Å². The number of benzene rings is 1. The highest BCUT2D eigenvalue weighted by molar-refractivity contribution is 5.91. The van der Waals surface area contributed by atoms with E-state index >= 15 is 0 Å². The van der Waals surface area contributed by atoms with Gasteiger partial charge in [-0.05, 0) is 74.8 Å². The summed E-state index contributed by atoms with van der Waals surface area (Å²) in [5.74, 6) is -1.49. The Hall–Kier alpha value is -2.89. The first kappa shape index (κ1) is 25.2. The van der Waals surface area contributed by atoms with Crippen LogP contribution in [0, 0.1) is 11.8 Å². The summed E-state index contributed by atoms with van der Waals surface area (Å²) in [5, 5.41) is 0. The normalized spacial score (nSPS) is 29.8. The summed E-state index contributed by atoms with van der Waals surface area (Å²) >= 11 is 0. The van der Waals surface area contributed by atoms with Gasteiger partial charge in [-0.1, -0.05) is 38.5 Å². The van der Waals surface area contributed by atoms with Crippen molar-refractivity contribution >= 4 is 17.9 Å². The molecule has 0 radical (unpaired) electrons. The van der Waals surface area contributed by atoms with E-state index in [0.29, 0.717) is 30.4 Å². The number of hydrogen-bond acceptors (Lipinski definition) is 6. The Kier molecular flexibility index (Phi) is 7.20. The van der Waals surface area contributed by atoms with Crippen LogP contribution in [0.4, 0.5) is 0 Å². The predicted molar refractivity (Wildman–Crippen MR) is 132 cm³/mol. The van der Waals surface area contributed by atoms with Gasteiger partial charge in [-0.25, -0.2) is 9.59 Å². The molecular weight excluding hydrogens is 444 g/mol. The van der Waals surface area contributed by atoms with Crippen LogP contribution in [-0.2, 0) is 30.2 Å². The SMILES string of the molecule is C=C1C(=O)O[C@@H]2C3=C(C)[C@@H](OC(=O)c4ccc(CCCCC)cc4)CC3[C@](C)(OC(C)=O)CC[C@@H]12. The fourth-order valence-electron chi connectivity index (χ4n) is 5.98. The molecule has 0 N–H and O–H groups in total. The zero-order valence-corrected chi connectivity index (χ0v) is 21.2. The highest BCUT2D eigenvalue weighted by Crippen LogP contribution is 2.53. The lowest BCUT2D eigenvalue weighted by molar-refractivity contribution is -0.161. The molecule has 3 aliphatic rings. The molecule has 6 heteroatoms. The summed E-state index contributed by atoms with van der Waals surface area (Å²) in [6, 6.07) is 7.62. The first-order valence-corrected chi connectivity index (χ1v) is 12.7. The summed E-state index contributed by atoms with van der Waals surface area (Å²) in [4.78, 5) is 37.4. The summed E-state index contributed by atoms with van der Waals surface area (Å²) in [5.41, 5.74) is 3.18. The summed E-state index contributed by atoms with van der Waals surface area (Å²) in [7, 11) is 0. The maximum absolute atomic E-state index is 13.0. The van der Waals surface area contributed by atoms with E-state index in [0.717, 1.165) is 24.0 Å². The molecule has 0 aromatic heterocycles. The number of esters is 3. The molecule has 1 unspecified atom stereocenters. The van der Waals surface area contributed by atoms with Crippen molar-refractivity contribution in [3.63, 3.8) is 0 Å². The molecule has 2 aliphatic carbocycles. The van der Waals surface area contributed by atoms with Crippen LogP contribution in [0.1, 0.15) is 82.1 Å². The van der Waals surface area contributed by atoms with Crippen molar-refractivity contribution in [2.75, 3.05) is 0 Å². The lowest BCUT2D eigenvalue weighted by atomic mass is 9.81. The zero-order chi connectivity index (χ0) is 25.3. The second-order valence-corrected chi connectivity index (χ2v) is 10.4. The van der Waals surface area contributed by atoms with Crippen molar-refractivity contribution in [3.05, 3.63) is 58.7 Å². The molecule has 2 fully saturated rings. The number of rotatable bonds is 7. The van der Waals surface area contributed by atoms with E-state index < -0.39 is 17.8 Å². The van der Waals surface area contributed by atoms with E-state index in [2.05, 4.69) is 13.5 Å². The first-order valence-electron chi connectivity index (χ1n) is 12.7. The quantitative estimate of drug-likeness (QED) is 0.169. The number of aryl methyl sites for hydroxylation is 1. The van der Waals surface area contributed by atoms with Gasteiger partial charge in [-0.15, -0.1) is 0 Å². The lowest BCUT2D eigenvalue weighted by Gasteiger charge is -2.35. The fraction of sp³-hybridized carbons (Fsp3) is 0.552. The maximum Gasteiger partial charge on any atom is 0.338 e. The Morgan fingerprint density at radius 1 is 1.20 bits per heavy atom. The lowest BCUT2D eigenvalue weighted by Crippen LogP contribution is -2.40. The average Bonchev–Trinajstić information content (AvgIpc) is 3.24. The van der Waals surface area contributed by atoms with Crippen LogP contribution < -0.4 is 0 Å². The van der Waals surface area contributed by atoms with E-state index in [-0.39, 0.29) is 29.7 Å². The van der Waals surface area contributed by atoms with E-state index in [1.807, 2.05) is 38.1 Å². The van der Waals surface area contributed by atoms with Crippen molar-refractivity contribution in [1.29, 1.82) is 0 Å². The molecule has 1 saturated heterocycles. The van der Waals surface area contributed by atoms with Crippen LogP contribution in [0.25, 0.3) is 0 Å². The van der Waals surface area contributed by atoms with Gasteiger partial charge < -0.3 is 14.2 Å². The van der Waals surface area contributed by atoms with E-state index in [1.165, 1.54) is 25.3 Å². The summed E-state index contributed by atoms with van der Waals surface area (Å²) in [6.45, 7) is 11.4. The standard InChI is InChI=1S/C29H36O6/c1-6-7-8-9-20-10-12-21(13-11-20)28(32)33-24-16-23-25(18(24)3)26-22(17(2)27(31)34-26)14-15-29(23,5)35-19(4)30/h10-13,22-24,26H,2,6-9,14-16H2,1,3-5H3/t22-,23?,24-,26-,29+/m0/s1. The fourth-order valence-corrected chi connectivity index (χ4v) is 5.98. The minimum Gasteiger partial charge on any atom is -0.459 e. The number of carbonyl (C=O) groups excluding carboxylic acids is 3. The minimum absolute atomic E-state index is 0.165. The third-order valence-corrected chi connectivity index (χ3v) is 7.95. The Morgan fingerprint density at radius 3 is 2.57 bits per heavy atom.